The van der Waals surface area contributed by atoms with E-state index in [9.17, 15) is 32.1 Å². The van der Waals surface area contributed by atoms with Gasteiger partial charge in [-0.05, 0) is 90.0 Å². The first-order valence-corrected chi connectivity index (χ1v) is 21.1. The van der Waals surface area contributed by atoms with E-state index in [0.29, 0.717) is 34.8 Å². The van der Waals surface area contributed by atoms with E-state index < -0.39 is 39.8 Å². The first-order valence-electron chi connectivity index (χ1n) is 18.8. The van der Waals surface area contributed by atoms with Gasteiger partial charge < -0.3 is 19.7 Å². The number of benzene rings is 2. The molecule has 15 heteroatoms. The number of hydrogen-bond acceptors (Lipinski definition) is 10. The maximum atomic E-state index is 14.4. The molecule has 0 bridgehead atoms. The van der Waals surface area contributed by atoms with Crippen molar-refractivity contribution in [3.8, 4) is 5.75 Å². The summed E-state index contributed by atoms with van der Waals surface area (Å²) in [6, 6.07) is 9.33. The molecular weight excluding hydrogens is 745 g/mol. The second-order valence-corrected chi connectivity index (χ2v) is 17.7. The number of rotatable bonds is 13. The van der Waals surface area contributed by atoms with Crippen molar-refractivity contribution in [1.29, 1.82) is 0 Å². The van der Waals surface area contributed by atoms with Gasteiger partial charge in [0, 0.05) is 31.0 Å². The highest BCUT2D eigenvalue weighted by atomic mass is 32.2. The standard InChI is InChI=1S/C40H52N4O9S2/c1-25-17-18-33(55(49,50)51)28(22-25)19-21-52-30-15-10-14-29(23-30)35(45)31-24-54-37(41-31)32-16-11-20-44(32)38(47)34(27-12-8-7-9-13-27)42-36(46)26(2)43(6)39(48)53-40(3,4)5/h10,14-15,17-18,22-24,26-27,32,34H,7-9,11-13,16,19-21H2,1-6H3,(H,42,46)(H,49,50,51). The molecule has 1 saturated carbocycles. The maximum Gasteiger partial charge on any atom is 0.410 e. The number of ketones is 1. The molecule has 1 aliphatic heterocycles. The third kappa shape index (κ3) is 10.7. The lowest BCUT2D eigenvalue weighted by Crippen LogP contribution is -2.56. The van der Waals surface area contributed by atoms with Gasteiger partial charge in [0.2, 0.25) is 17.6 Å². The number of hydrogen-bond donors (Lipinski definition) is 2. The van der Waals surface area contributed by atoms with Crippen molar-refractivity contribution < 1.29 is 41.6 Å². The second kappa shape index (κ2) is 17.6. The summed E-state index contributed by atoms with van der Waals surface area (Å²) in [5.74, 6) is -0.560. The van der Waals surface area contributed by atoms with Gasteiger partial charge in [-0.15, -0.1) is 11.3 Å². The predicted molar refractivity (Wildman–Crippen MR) is 208 cm³/mol. The maximum absolute atomic E-state index is 14.4. The van der Waals surface area contributed by atoms with E-state index in [2.05, 4.69) is 5.32 Å². The van der Waals surface area contributed by atoms with Crippen molar-refractivity contribution in [3.63, 3.8) is 0 Å². The van der Waals surface area contributed by atoms with Crippen molar-refractivity contribution in [2.24, 2.45) is 5.92 Å². The Morgan fingerprint density at radius 2 is 1.78 bits per heavy atom. The summed E-state index contributed by atoms with van der Waals surface area (Å²) in [5, 5.41) is 5.35. The van der Waals surface area contributed by atoms with Gasteiger partial charge in [0.1, 0.15) is 34.1 Å². The van der Waals surface area contributed by atoms with E-state index in [-0.39, 0.29) is 47.3 Å². The van der Waals surface area contributed by atoms with Crippen LogP contribution < -0.4 is 10.1 Å². The van der Waals surface area contributed by atoms with Crippen molar-refractivity contribution in [3.05, 3.63) is 75.2 Å². The Morgan fingerprint density at radius 3 is 2.47 bits per heavy atom. The zero-order valence-electron chi connectivity index (χ0n) is 32.4. The number of nitrogens with zero attached hydrogens (tertiary/aromatic N) is 3. The summed E-state index contributed by atoms with van der Waals surface area (Å²) in [6.45, 7) is 9.31. The van der Waals surface area contributed by atoms with Gasteiger partial charge in [0.25, 0.3) is 10.1 Å². The average molecular weight is 797 g/mol. The Labute approximate surface area is 327 Å². The van der Waals surface area contributed by atoms with Crippen LogP contribution in [0.1, 0.15) is 111 Å². The van der Waals surface area contributed by atoms with Gasteiger partial charge >= 0.3 is 6.09 Å². The summed E-state index contributed by atoms with van der Waals surface area (Å²) >= 11 is 1.32. The van der Waals surface area contributed by atoms with E-state index in [1.807, 2.05) is 6.92 Å². The SMILES string of the molecule is Cc1ccc(S(=O)(=O)O)c(CCOc2cccc(C(=O)c3csc(C4CCCN4C(=O)C(NC(=O)C(C)N(C)C(=O)OC(C)(C)C)C4CCCCC4)n3)c2)c1. The van der Waals surface area contributed by atoms with Crippen molar-refractivity contribution in [2.45, 2.75) is 115 Å². The van der Waals surface area contributed by atoms with Gasteiger partial charge in [-0.3, -0.25) is 23.8 Å². The molecule has 0 radical (unpaired) electrons. The molecule has 55 heavy (non-hydrogen) atoms. The number of aryl methyl sites for hydroxylation is 1. The van der Waals surface area contributed by atoms with E-state index in [4.69, 9.17) is 14.5 Å². The fourth-order valence-electron chi connectivity index (χ4n) is 7.11. The normalized spacial score (nSPS) is 17.7. The molecule has 2 fully saturated rings. The molecule has 1 saturated heterocycles. The van der Waals surface area contributed by atoms with Crippen LogP contribution in [0.15, 0.2) is 52.7 Å². The third-order valence-electron chi connectivity index (χ3n) is 10.1. The molecule has 3 unspecified atom stereocenters. The van der Waals surface area contributed by atoms with Crippen LogP contribution in [0.3, 0.4) is 0 Å². The molecule has 2 aliphatic rings. The van der Waals surface area contributed by atoms with Gasteiger partial charge in [-0.1, -0.05) is 49.1 Å². The van der Waals surface area contributed by atoms with Crippen LogP contribution >= 0.6 is 11.3 Å². The van der Waals surface area contributed by atoms with Crippen LogP contribution in [-0.2, 0) is 30.9 Å². The smallest absolute Gasteiger partial charge is 0.410 e. The van der Waals surface area contributed by atoms with Crippen LogP contribution in [0.25, 0.3) is 0 Å². The highest BCUT2D eigenvalue weighted by molar-refractivity contribution is 7.85. The number of thiazole rings is 1. The highest BCUT2D eigenvalue weighted by Gasteiger charge is 2.41. The summed E-state index contributed by atoms with van der Waals surface area (Å²) < 4.78 is 44.6. The van der Waals surface area contributed by atoms with Crippen LogP contribution in [0.2, 0.25) is 0 Å². The van der Waals surface area contributed by atoms with Gasteiger partial charge in [-0.25, -0.2) is 9.78 Å². The molecule has 3 aromatic rings. The van der Waals surface area contributed by atoms with Crippen LogP contribution in [0.5, 0.6) is 5.75 Å². The van der Waals surface area contributed by atoms with Gasteiger partial charge in [0.15, 0.2) is 0 Å². The van der Waals surface area contributed by atoms with Gasteiger partial charge in [0.05, 0.1) is 17.5 Å². The molecule has 1 aliphatic carbocycles. The number of nitrogens with one attached hydrogen (secondary N) is 1. The topological polar surface area (TPSA) is 173 Å². The third-order valence-corrected chi connectivity index (χ3v) is 12.0. The lowest BCUT2D eigenvalue weighted by molar-refractivity contribution is -0.140. The zero-order valence-corrected chi connectivity index (χ0v) is 34.0. The van der Waals surface area contributed by atoms with E-state index >= 15 is 0 Å². The Kier molecular flexibility index (Phi) is 13.4. The number of carbonyl (C=O) groups is 4. The largest absolute Gasteiger partial charge is 0.493 e. The molecule has 0 spiro atoms. The first kappa shape index (κ1) is 41.8. The van der Waals surface area contributed by atoms with Crippen molar-refractivity contribution in [2.75, 3.05) is 20.2 Å². The summed E-state index contributed by atoms with van der Waals surface area (Å²) in [5.41, 5.74) is 1.14. The minimum absolute atomic E-state index is 0.0463. The Bertz CT molecular complexity index is 1990. The minimum atomic E-state index is -4.39. The molecule has 2 N–H and O–H groups in total. The highest BCUT2D eigenvalue weighted by Crippen LogP contribution is 2.37. The number of amides is 3. The van der Waals surface area contributed by atoms with Crippen LogP contribution in [0, 0.1) is 12.8 Å². The quantitative estimate of drug-likeness (QED) is 0.143. The Balaban J connectivity index is 1.27. The van der Waals surface area contributed by atoms with Crippen LogP contribution in [0.4, 0.5) is 4.79 Å². The number of aromatic nitrogens is 1. The first-order chi connectivity index (χ1) is 25.9. The predicted octanol–water partition coefficient (Wildman–Crippen LogP) is 6.53. The molecule has 1 aromatic heterocycles. The average Bonchev–Trinajstić information content (AvgIpc) is 3.83. The van der Waals surface area contributed by atoms with E-state index in [1.165, 1.54) is 29.4 Å². The summed E-state index contributed by atoms with van der Waals surface area (Å²) in [4.78, 5) is 61.9. The second-order valence-electron chi connectivity index (χ2n) is 15.5. The molecule has 3 atom stereocenters. The molecular formula is C40H52N4O9S2. The van der Waals surface area contributed by atoms with Crippen molar-refractivity contribution >= 4 is 45.1 Å². The minimum Gasteiger partial charge on any atom is -0.493 e. The number of likely N-dealkylation sites (N-methyl/N-ethyl adjacent to an activating group) is 1. The molecule has 2 heterocycles. The van der Waals surface area contributed by atoms with Crippen LogP contribution in [-0.4, -0.2) is 89.3 Å². The van der Waals surface area contributed by atoms with Crippen molar-refractivity contribution in [1.82, 2.24) is 20.1 Å². The number of likely N-dealkylation sites (tertiary alicyclic amines) is 1. The number of carbonyl (C=O) groups excluding carboxylic acids is 4. The zero-order chi connectivity index (χ0) is 40.1. The molecule has 298 valence electrons. The fraction of sp³-hybridized carbons (Fsp3) is 0.525. The molecule has 5 rings (SSSR count). The monoisotopic (exact) mass is 796 g/mol. The Hall–Kier alpha value is -4.34. The fourth-order valence-corrected chi connectivity index (χ4v) is 8.79. The summed E-state index contributed by atoms with van der Waals surface area (Å²) in [7, 11) is -2.89. The number of ether oxygens (including phenoxy) is 2. The lowest BCUT2D eigenvalue weighted by Gasteiger charge is -2.36. The summed E-state index contributed by atoms with van der Waals surface area (Å²) in [6.07, 6.45) is 5.62. The Morgan fingerprint density at radius 1 is 1.05 bits per heavy atom. The van der Waals surface area contributed by atoms with E-state index in [1.54, 1.807) is 74.4 Å². The lowest BCUT2D eigenvalue weighted by atomic mass is 9.83. The van der Waals surface area contributed by atoms with E-state index in [0.717, 1.165) is 44.1 Å². The van der Waals surface area contributed by atoms with Gasteiger partial charge in [-0.2, -0.15) is 8.42 Å². The molecule has 2 aromatic carbocycles. The molecule has 13 nitrogen and oxygen atoms in total. The molecule has 3 amide bonds.